The number of benzene rings is 1. The molecule has 3 rings (SSSR count). The van der Waals surface area contributed by atoms with Crippen molar-refractivity contribution in [1.29, 1.82) is 0 Å². The summed E-state index contributed by atoms with van der Waals surface area (Å²) in [6.07, 6.45) is 0.181. The Morgan fingerprint density at radius 3 is 2.12 bits per heavy atom. The molecule has 2 heterocycles. The lowest BCUT2D eigenvalue weighted by Crippen LogP contribution is -2.51. The SMILES string of the molecule is CCN(CC)CCN(CCCc1ccccc1)/C1=S2\OC(=O)CC(O)(CC(=O)ON1CCN(CC)CC)C(=O)O2. The summed E-state index contributed by atoms with van der Waals surface area (Å²) < 4.78 is 11.3. The minimum Gasteiger partial charge on any atom is -0.377 e. The van der Waals surface area contributed by atoms with Crippen LogP contribution in [0.5, 0.6) is 0 Å². The molecule has 12 heteroatoms. The summed E-state index contributed by atoms with van der Waals surface area (Å²) in [5, 5.41) is 12.6. The van der Waals surface area contributed by atoms with Crippen molar-refractivity contribution in [2.45, 2.75) is 59.0 Å². The lowest BCUT2D eigenvalue weighted by Gasteiger charge is -2.34. The van der Waals surface area contributed by atoms with Crippen LogP contribution < -0.4 is 0 Å². The van der Waals surface area contributed by atoms with E-state index in [1.165, 1.54) is 10.6 Å². The first-order valence-electron chi connectivity index (χ1n) is 14.2. The highest BCUT2D eigenvalue weighted by Crippen LogP contribution is 2.35. The van der Waals surface area contributed by atoms with Gasteiger partial charge in [0.05, 0.1) is 19.4 Å². The van der Waals surface area contributed by atoms with Crippen LogP contribution in [0.15, 0.2) is 30.3 Å². The summed E-state index contributed by atoms with van der Waals surface area (Å²) in [6.45, 7) is 14.2. The number of carbonyl (C=O) groups excluding carboxylic acids is 3. The van der Waals surface area contributed by atoms with Gasteiger partial charge in [0.2, 0.25) is 16.2 Å². The average Bonchev–Trinajstić information content (AvgIpc) is 3.01. The van der Waals surface area contributed by atoms with Crippen molar-refractivity contribution >= 4 is 34.1 Å². The Hall–Kier alpha value is -2.35. The smallest absolute Gasteiger partial charge is 0.353 e. The molecular weight excluding hydrogens is 536 g/mol. The van der Waals surface area contributed by atoms with E-state index in [0.29, 0.717) is 31.3 Å². The molecule has 1 fully saturated rings. The minimum absolute atomic E-state index is 0.264. The van der Waals surface area contributed by atoms with E-state index in [1.54, 1.807) is 0 Å². The van der Waals surface area contributed by atoms with Crippen LogP contribution in [-0.4, -0.2) is 112 Å². The maximum Gasteiger partial charge on any atom is 0.353 e. The third-order valence-corrected chi connectivity index (χ3v) is 8.65. The Morgan fingerprint density at radius 1 is 0.850 bits per heavy atom. The summed E-state index contributed by atoms with van der Waals surface area (Å²) >= 11 is -1.83. The fraction of sp³-hybridized carbons (Fsp3) is 0.643. The van der Waals surface area contributed by atoms with Gasteiger partial charge in [0, 0.05) is 26.2 Å². The van der Waals surface area contributed by atoms with Gasteiger partial charge in [-0.2, -0.15) is 0 Å². The average molecular weight is 581 g/mol. The molecule has 0 aliphatic carbocycles. The van der Waals surface area contributed by atoms with Crippen LogP contribution in [0.3, 0.4) is 0 Å². The fourth-order valence-electron chi connectivity index (χ4n) is 4.71. The molecule has 0 aromatic heterocycles. The summed E-state index contributed by atoms with van der Waals surface area (Å²) in [7, 11) is 0. The number of hydrogen-bond donors (Lipinski definition) is 1. The van der Waals surface area contributed by atoms with Gasteiger partial charge in [0.25, 0.3) is 0 Å². The number of carbonyl (C=O) groups is 3. The normalized spacial score (nSPS) is 23.1. The van der Waals surface area contributed by atoms with Gasteiger partial charge in [-0.15, -0.1) is 0 Å². The highest BCUT2D eigenvalue weighted by molar-refractivity contribution is 8.08. The van der Waals surface area contributed by atoms with Crippen LogP contribution in [0.1, 0.15) is 52.5 Å². The molecule has 2 atom stereocenters. The Bertz CT molecular complexity index is 1030. The number of fused-ring (bicyclic) bond motifs is 3. The van der Waals surface area contributed by atoms with E-state index < -0.39 is 47.4 Å². The van der Waals surface area contributed by atoms with E-state index >= 15 is 0 Å². The number of hydrogen-bond acceptors (Lipinski definition) is 11. The molecule has 40 heavy (non-hydrogen) atoms. The maximum atomic E-state index is 13.0. The van der Waals surface area contributed by atoms with Gasteiger partial charge in [0.1, 0.15) is 0 Å². The second-order valence-electron chi connectivity index (χ2n) is 9.92. The van der Waals surface area contributed by atoms with Crippen LogP contribution in [0.2, 0.25) is 0 Å². The number of hydroxylamine groups is 2. The fourth-order valence-corrected chi connectivity index (χ4v) is 6.11. The summed E-state index contributed by atoms with van der Waals surface area (Å²) in [4.78, 5) is 51.1. The summed E-state index contributed by atoms with van der Waals surface area (Å²) in [6, 6.07) is 10.1. The van der Waals surface area contributed by atoms with Crippen LogP contribution in [-0.2, 0) is 34.0 Å². The molecule has 1 saturated heterocycles. The number of aliphatic hydroxyl groups is 1. The Kier molecular flexibility index (Phi) is 12.5. The molecule has 0 saturated carbocycles. The largest absolute Gasteiger partial charge is 0.377 e. The van der Waals surface area contributed by atoms with E-state index in [-0.39, 0.29) is 6.54 Å². The quantitative estimate of drug-likeness (QED) is 0.327. The van der Waals surface area contributed by atoms with E-state index in [4.69, 9.17) is 13.2 Å². The van der Waals surface area contributed by atoms with E-state index in [2.05, 4.69) is 35.8 Å². The van der Waals surface area contributed by atoms with E-state index in [9.17, 15) is 19.5 Å². The molecule has 0 spiro atoms. The first kappa shape index (κ1) is 32.2. The number of likely N-dealkylation sites (N-methyl/N-ethyl adjacent to an activating group) is 2. The van der Waals surface area contributed by atoms with Crippen LogP contribution in [0.4, 0.5) is 0 Å². The van der Waals surface area contributed by atoms with Crippen molar-refractivity contribution in [1.82, 2.24) is 19.8 Å². The van der Waals surface area contributed by atoms with Gasteiger partial charge in [-0.3, -0.25) is 14.5 Å². The lowest BCUT2D eigenvalue weighted by atomic mass is 9.96. The van der Waals surface area contributed by atoms with Crippen molar-refractivity contribution in [2.24, 2.45) is 0 Å². The molecule has 224 valence electrons. The first-order valence-corrected chi connectivity index (χ1v) is 15.3. The van der Waals surface area contributed by atoms with Gasteiger partial charge in [0.15, 0.2) is 5.60 Å². The van der Waals surface area contributed by atoms with Crippen LogP contribution in [0, 0.1) is 0 Å². The third kappa shape index (κ3) is 8.82. The Morgan fingerprint density at radius 2 is 1.48 bits per heavy atom. The Balaban J connectivity index is 2.04. The van der Waals surface area contributed by atoms with Gasteiger partial charge in [-0.25, -0.2) is 4.79 Å². The Labute approximate surface area is 240 Å². The predicted molar refractivity (Wildman–Crippen MR) is 154 cm³/mol. The molecule has 1 aromatic rings. The first-order chi connectivity index (χ1) is 19.2. The third-order valence-electron chi connectivity index (χ3n) is 7.25. The molecule has 0 amide bonds. The van der Waals surface area contributed by atoms with Gasteiger partial charge >= 0.3 is 17.9 Å². The molecule has 2 aliphatic rings. The van der Waals surface area contributed by atoms with Gasteiger partial charge in [-0.05, 0) is 44.6 Å². The van der Waals surface area contributed by atoms with Crippen molar-refractivity contribution in [3.8, 4) is 0 Å². The van der Waals surface area contributed by atoms with E-state index in [0.717, 1.165) is 39.0 Å². The predicted octanol–water partition coefficient (Wildman–Crippen LogP) is 2.18. The zero-order chi connectivity index (χ0) is 29.1. The minimum atomic E-state index is -2.34. The zero-order valence-electron chi connectivity index (χ0n) is 24.2. The standard InChI is InChI=1S/C28H44N4O7S/c1-5-29(6-2)17-19-31(16-12-15-23-13-10-9-11-14-23)27-32(20-18-30(7-3)8-4)37-24(33)21-28(36)22-25(34)38-40(27)39-26(28)35/h9-11,13-14,36H,5-8,12,15-22H2,1-4H3. The molecule has 1 aromatic carbocycles. The molecule has 1 N–H and O–H groups in total. The molecule has 11 nitrogen and oxygen atoms in total. The number of rotatable bonds is 14. The molecule has 0 radical (unpaired) electrons. The number of nitrogens with zero attached hydrogens (tertiary/aromatic N) is 4. The van der Waals surface area contributed by atoms with Crippen molar-refractivity contribution in [3.63, 3.8) is 0 Å². The molecule has 2 unspecified atom stereocenters. The zero-order valence-corrected chi connectivity index (χ0v) is 25.0. The van der Waals surface area contributed by atoms with Crippen molar-refractivity contribution in [2.75, 3.05) is 58.9 Å². The summed E-state index contributed by atoms with van der Waals surface area (Å²) in [5.74, 6) is -2.68. The molecule has 2 bridgehead atoms. The molecule has 2 aliphatic heterocycles. The maximum absolute atomic E-state index is 13.0. The van der Waals surface area contributed by atoms with E-state index in [1.807, 2.05) is 36.9 Å². The van der Waals surface area contributed by atoms with Crippen molar-refractivity contribution < 1.29 is 32.7 Å². The highest BCUT2D eigenvalue weighted by Gasteiger charge is 2.49. The van der Waals surface area contributed by atoms with Crippen molar-refractivity contribution in [3.05, 3.63) is 35.9 Å². The lowest BCUT2D eigenvalue weighted by molar-refractivity contribution is -0.184. The molecular formula is C28H44N4O7S. The highest BCUT2D eigenvalue weighted by atomic mass is 32.2. The van der Waals surface area contributed by atoms with Gasteiger partial charge < -0.3 is 28.1 Å². The van der Waals surface area contributed by atoms with Gasteiger partial charge in [-0.1, -0.05) is 63.1 Å². The number of aryl methyl sites for hydroxylation is 1. The van der Waals surface area contributed by atoms with Crippen LogP contribution in [0.25, 0.3) is 0 Å². The summed E-state index contributed by atoms with van der Waals surface area (Å²) in [5.41, 5.74) is -1.15. The second kappa shape index (κ2) is 15.6. The second-order valence-corrected chi connectivity index (χ2v) is 11.1. The topological polar surface area (TPSA) is 112 Å². The van der Waals surface area contributed by atoms with Crippen LogP contribution >= 0.6 is 11.0 Å². The monoisotopic (exact) mass is 580 g/mol.